The summed E-state index contributed by atoms with van der Waals surface area (Å²) in [6.07, 6.45) is 0. The predicted octanol–water partition coefficient (Wildman–Crippen LogP) is -1.62. The molecule has 4 nitrogen and oxygen atoms in total. The normalized spacial score (nSPS) is 11.4. The Morgan fingerprint density at radius 2 is 0.333 bits per heavy atom. The summed E-state index contributed by atoms with van der Waals surface area (Å²) in [5, 5.41) is 0. The molecule has 0 rings (SSSR count). The van der Waals surface area contributed by atoms with Crippen molar-refractivity contribution in [3.05, 3.63) is 0 Å². The van der Waals surface area contributed by atoms with Crippen molar-refractivity contribution in [1.29, 1.82) is 0 Å². The van der Waals surface area contributed by atoms with Gasteiger partial charge in [-0.3, -0.25) is 0 Å². The molecule has 0 bridgehead atoms. The average Bonchev–Trinajstić information content (AvgIpc) is 1.62. The van der Waals surface area contributed by atoms with E-state index in [-0.39, 0.29) is 11.0 Å². The molecule has 0 saturated carbocycles. The fraction of sp³-hybridized carbons (Fsp3) is 0. The topological polar surface area (TPSA) is 92.2 Å². The van der Waals surface area contributed by atoms with Gasteiger partial charge in [0, 0.05) is 0 Å². The molecule has 0 aliphatic heterocycles. The van der Waals surface area contributed by atoms with E-state index in [0.717, 1.165) is 0 Å². The van der Waals surface area contributed by atoms with Gasteiger partial charge in [0.05, 0.1) is 0 Å². The summed E-state index contributed by atoms with van der Waals surface area (Å²) in [6.45, 7) is 0. The van der Waals surface area contributed by atoms with Crippen molar-refractivity contribution in [2.24, 2.45) is 0 Å². The van der Waals surface area contributed by atoms with Gasteiger partial charge in [-0.2, -0.15) is 0 Å². The molecule has 0 aromatic rings. The van der Waals surface area contributed by atoms with Gasteiger partial charge < -0.3 is 19.2 Å². The summed E-state index contributed by atoms with van der Waals surface area (Å²) in [5.41, 5.74) is 0. The third-order valence-electron chi connectivity index (χ3n) is 0. The van der Waals surface area contributed by atoms with Crippen LogP contribution in [0.1, 0.15) is 0 Å². The summed E-state index contributed by atoms with van der Waals surface area (Å²) in [6, 6.07) is 0. The fourth-order valence-electron chi connectivity index (χ4n) is 0. The van der Waals surface area contributed by atoms with Crippen LogP contribution in [0.25, 0.3) is 0 Å². The molecule has 0 atom stereocenters. The molecule has 0 aromatic carbocycles. The minimum Gasteiger partial charge on any atom is -0.784 e. The molecule has 0 heterocycles. The van der Waals surface area contributed by atoms with E-state index in [1.807, 2.05) is 0 Å². The van der Waals surface area contributed by atoms with Crippen LogP contribution < -0.4 is 19.2 Å². The van der Waals surface area contributed by atoms with Crippen LogP contribution in [-0.2, 0) is 0 Å². The maximum Gasteiger partial charge on any atom is 4.00 e. The largest absolute Gasteiger partial charge is 4.00 e. The Labute approximate surface area is 117 Å². The zero-order valence-electron chi connectivity index (χ0n) is 8.67. The molecule has 0 spiro atoms. The quantitative estimate of drug-likeness (QED) is 0.261. The molecule has 128 valence electrons. The van der Waals surface area contributed by atoms with Crippen LogP contribution in [0.15, 0.2) is 0 Å². The van der Waals surface area contributed by atoms with E-state index in [4.69, 9.17) is 19.2 Å². The smallest absolute Gasteiger partial charge is 0.784 e. The second kappa shape index (κ2) is 12.6. The Hall–Kier alpha value is 0.0844. The van der Waals surface area contributed by atoms with E-state index < -0.39 is 37.3 Å². The molecular formula is F12O4Si5. The van der Waals surface area contributed by atoms with Crippen LogP contribution in [0.5, 0.6) is 0 Å². The van der Waals surface area contributed by atoms with Gasteiger partial charge in [-0.15, -0.1) is 0 Å². The van der Waals surface area contributed by atoms with E-state index in [2.05, 4.69) is 0 Å². The maximum atomic E-state index is 9.94. The first-order valence-corrected chi connectivity index (χ1v) is 9.25. The van der Waals surface area contributed by atoms with Crippen LogP contribution >= 0.6 is 0 Å². The summed E-state index contributed by atoms with van der Waals surface area (Å²) in [5.74, 6) is 0. The molecule has 0 radical (unpaired) electrons. The van der Waals surface area contributed by atoms with E-state index in [1.54, 1.807) is 0 Å². The molecule has 21 heteroatoms. The van der Waals surface area contributed by atoms with Gasteiger partial charge in [0.25, 0.3) is 0 Å². The maximum absolute atomic E-state index is 9.94. The molecule has 0 aliphatic rings. The molecular weight excluding hydrogens is 432 g/mol. The molecule has 21 heavy (non-hydrogen) atoms. The first kappa shape index (κ1) is 32.9. The van der Waals surface area contributed by atoms with Crippen LogP contribution in [0.3, 0.4) is 0 Å². The van der Waals surface area contributed by atoms with Crippen LogP contribution in [0, 0.1) is 0 Å². The second-order valence-corrected chi connectivity index (χ2v) is 5.35. The monoisotopic (exact) mass is 432 g/mol. The van der Waals surface area contributed by atoms with Gasteiger partial charge in [-0.05, 0) is 0 Å². The minimum absolute atomic E-state index is 0. The van der Waals surface area contributed by atoms with Crippen LogP contribution in [0.4, 0.5) is 49.3 Å². The molecule has 0 N–H and O–H groups in total. The average molecular weight is 432 g/mol. The molecule has 0 aromatic heterocycles. The van der Waals surface area contributed by atoms with Gasteiger partial charge in [-0.1, -0.05) is 0 Å². The Morgan fingerprint density at radius 3 is 0.333 bits per heavy atom. The summed E-state index contributed by atoms with van der Waals surface area (Å²) in [7, 11) is -25.4. The summed E-state index contributed by atoms with van der Waals surface area (Å²) in [4.78, 5) is 33.0. The Morgan fingerprint density at radius 1 is 0.333 bits per heavy atom. The molecule has 0 saturated heterocycles. The van der Waals surface area contributed by atoms with E-state index in [0.29, 0.717) is 0 Å². The summed E-state index contributed by atoms with van der Waals surface area (Å²) >= 11 is 0. The van der Waals surface area contributed by atoms with Crippen molar-refractivity contribution in [2.45, 2.75) is 0 Å². The number of hydrogen-bond acceptors (Lipinski definition) is 4. The Balaban J connectivity index is -0.0000000533. The minimum atomic E-state index is -6.36. The zero-order chi connectivity index (χ0) is 18.0. The SMILES string of the molecule is [O-][Si](F)(F)F.[O-][Si](F)(F)F.[O-][Si](F)(F)F.[O-][Si](F)(F)F.[Si+4]. The Kier molecular flexibility index (Phi) is 19.7. The van der Waals surface area contributed by atoms with Crippen molar-refractivity contribution in [1.82, 2.24) is 0 Å². The van der Waals surface area contributed by atoms with Crippen molar-refractivity contribution in [2.75, 3.05) is 0 Å². The van der Waals surface area contributed by atoms with Gasteiger partial charge in [0.1, 0.15) is 0 Å². The number of halogens is 12. The molecule has 0 aliphatic carbocycles. The summed E-state index contributed by atoms with van der Waals surface area (Å²) < 4.78 is 119. The molecule has 0 unspecified atom stereocenters. The second-order valence-electron chi connectivity index (χ2n) is 1.78. The molecule has 0 fully saturated rings. The van der Waals surface area contributed by atoms with Crippen molar-refractivity contribution in [3.8, 4) is 0 Å². The first-order valence-electron chi connectivity index (χ1n) is 3.08. The van der Waals surface area contributed by atoms with E-state index in [9.17, 15) is 49.3 Å². The standard InChI is InChI=1S/4F3OSi.Si/c4*1-5(2,3)4;/q4*-1;+4. The van der Waals surface area contributed by atoms with Gasteiger partial charge in [-0.25, -0.2) is 49.3 Å². The van der Waals surface area contributed by atoms with Crippen molar-refractivity contribution < 1.29 is 68.5 Å². The van der Waals surface area contributed by atoms with E-state index >= 15 is 0 Å². The van der Waals surface area contributed by atoms with Crippen molar-refractivity contribution in [3.63, 3.8) is 0 Å². The van der Waals surface area contributed by atoms with Gasteiger partial charge in [0.2, 0.25) is 0 Å². The molecule has 0 amide bonds. The Bertz CT molecular complexity index is 140. The van der Waals surface area contributed by atoms with Crippen LogP contribution in [0.2, 0.25) is 0 Å². The third-order valence-corrected chi connectivity index (χ3v) is 0. The van der Waals surface area contributed by atoms with Gasteiger partial charge in [0.15, 0.2) is 0 Å². The third kappa shape index (κ3) is 922000. The number of rotatable bonds is 0. The first-order chi connectivity index (χ1) is 8.00. The van der Waals surface area contributed by atoms with Crippen molar-refractivity contribution >= 4 is 48.2 Å². The predicted molar refractivity (Wildman–Crippen MR) is 42.1 cm³/mol. The van der Waals surface area contributed by atoms with Gasteiger partial charge >= 0.3 is 48.2 Å². The van der Waals surface area contributed by atoms with Crippen LogP contribution in [-0.4, -0.2) is 48.2 Å². The fourth-order valence-corrected chi connectivity index (χ4v) is 0. The number of hydrogen-bond donors (Lipinski definition) is 0. The van der Waals surface area contributed by atoms with E-state index in [1.165, 1.54) is 0 Å². The zero-order valence-corrected chi connectivity index (χ0v) is 13.7.